The highest BCUT2D eigenvalue weighted by molar-refractivity contribution is 6.01. The zero-order chi connectivity index (χ0) is 24.7. The van der Waals surface area contributed by atoms with Crippen molar-refractivity contribution in [1.82, 2.24) is 29.5 Å². The Labute approximate surface area is 201 Å². The smallest absolute Gasteiger partial charge is 0.254 e. The molecule has 2 N–H and O–H groups in total. The molecule has 0 bridgehead atoms. The number of methoxy groups -OCH3 is 2. The third-order valence-corrected chi connectivity index (χ3v) is 6.90. The molecule has 10 nitrogen and oxygen atoms in total. The number of rotatable bonds is 6. The SMILES string of the molecule is CNC(=O)c1cnn2ccc(-c3c(F)cn4nc(N[C@H]5CC[C@@](C)(OC)CC5)nc(OC)c34)cc12. The van der Waals surface area contributed by atoms with Crippen LogP contribution < -0.4 is 15.4 Å². The number of halogens is 1. The fourth-order valence-corrected chi connectivity index (χ4v) is 4.70. The van der Waals surface area contributed by atoms with Crippen LogP contribution in [0.25, 0.3) is 22.2 Å². The Bertz CT molecular complexity index is 1410. The zero-order valence-corrected chi connectivity index (χ0v) is 20.1. The third-order valence-electron chi connectivity index (χ3n) is 6.90. The van der Waals surface area contributed by atoms with Gasteiger partial charge in [0.05, 0.1) is 41.7 Å². The van der Waals surface area contributed by atoms with Crippen molar-refractivity contribution < 1.29 is 18.7 Å². The van der Waals surface area contributed by atoms with Gasteiger partial charge in [0.15, 0.2) is 5.82 Å². The fraction of sp³-hybridized carbons (Fsp3) is 0.417. The molecule has 0 atom stereocenters. The number of nitrogens with zero attached hydrogens (tertiary/aromatic N) is 5. The van der Waals surface area contributed by atoms with Gasteiger partial charge in [-0.05, 0) is 50.3 Å². The van der Waals surface area contributed by atoms with Crippen molar-refractivity contribution in [1.29, 1.82) is 0 Å². The van der Waals surface area contributed by atoms with E-state index in [2.05, 4.69) is 32.7 Å². The van der Waals surface area contributed by atoms with Crippen molar-refractivity contribution in [2.24, 2.45) is 0 Å². The summed E-state index contributed by atoms with van der Waals surface area (Å²) in [6, 6.07) is 3.63. The Morgan fingerprint density at radius 2 is 2.03 bits per heavy atom. The van der Waals surface area contributed by atoms with Crippen LogP contribution in [0.2, 0.25) is 0 Å². The van der Waals surface area contributed by atoms with Gasteiger partial charge in [-0.1, -0.05) is 0 Å². The number of nitrogens with one attached hydrogen (secondary N) is 2. The quantitative estimate of drug-likeness (QED) is 0.435. The van der Waals surface area contributed by atoms with Gasteiger partial charge in [0, 0.05) is 26.4 Å². The van der Waals surface area contributed by atoms with Crippen LogP contribution in [0.5, 0.6) is 5.88 Å². The van der Waals surface area contributed by atoms with Crippen molar-refractivity contribution in [2.75, 3.05) is 26.6 Å². The van der Waals surface area contributed by atoms with Crippen molar-refractivity contribution in [2.45, 2.75) is 44.2 Å². The largest absolute Gasteiger partial charge is 0.479 e. The summed E-state index contributed by atoms with van der Waals surface area (Å²) < 4.78 is 29.5. The second-order valence-electron chi connectivity index (χ2n) is 9.05. The van der Waals surface area contributed by atoms with E-state index in [1.807, 2.05) is 0 Å². The molecule has 1 amide bonds. The van der Waals surface area contributed by atoms with E-state index in [0.29, 0.717) is 28.1 Å². The Morgan fingerprint density at radius 1 is 1.26 bits per heavy atom. The van der Waals surface area contributed by atoms with Crippen molar-refractivity contribution in [3.05, 3.63) is 42.1 Å². The number of anilines is 1. The van der Waals surface area contributed by atoms with E-state index in [0.717, 1.165) is 25.7 Å². The molecular formula is C24H28FN7O3. The van der Waals surface area contributed by atoms with Crippen molar-refractivity contribution in [3.63, 3.8) is 0 Å². The minimum absolute atomic E-state index is 0.104. The minimum atomic E-state index is -0.478. The topological polar surface area (TPSA) is 107 Å². The Morgan fingerprint density at radius 3 is 2.71 bits per heavy atom. The number of hydrogen-bond donors (Lipinski definition) is 2. The summed E-state index contributed by atoms with van der Waals surface area (Å²) in [5.74, 6) is -0.132. The normalized spacial score (nSPS) is 20.3. The average Bonchev–Trinajstić information content (AvgIpc) is 3.44. The van der Waals surface area contributed by atoms with E-state index in [1.165, 1.54) is 24.0 Å². The van der Waals surface area contributed by atoms with E-state index in [-0.39, 0.29) is 29.0 Å². The maximum Gasteiger partial charge on any atom is 0.254 e. The first-order chi connectivity index (χ1) is 16.9. The first-order valence-corrected chi connectivity index (χ1v) is 11.5. The van der Waals surface area contributed by atoms with E-state index in [4.69, 9.17) is 9.47 Å². The van der Waals surface area contributed by atoms with Crippen molar-refractivity contribution >= 4 is 22.9 Å². The van der Waals surface area contributed by atoms with E-state index >= 15 is 4.39 Å². The highest BCUT2D eigenvalue weighted by atomic mass is 19.1. The van der Waals surface area contributed by atoms with E-state index in [1.54, 1.807) is 37.0 Å². The minimum Gasteiger partial charge on any atom is -0.479 e. The molecule has 11 heteroatoms. The molecule has 0 unspecified atom stereocenters. The van der Waals surface area contributed by atoms with Crippen molar-refractivity contribution in [3.8, 4) is 17.0 Å². The molecule has 1 aliphatic rings. The highest BCUT2D eigenvalue weighted by Gasteiger charge is 2.31. The predicted octanol–water partition coefficient (Wildman–Crippen LogP) is 3.31. The number of fused-ring (bicyclic) bond motifs is 2. The molecule has 0 aliphatic heterocycles. The molecule has 4 aromatic rings. The van der Waals surface area contributed by atoms with Gasteiger partial charge < -0.3 is 20.1 Å². The molecule has 0 aromatic carbocycles. The summed E-state index contributed by atoms with van der Waals surface area (Å²) >= 11 is 0. The summed E-state index contributed by atoms with van der Waals surface area (Å²) in [7, 11) is 4.79. The summed E-state index contributed by atoms with van der Waals surface area (Å²) in [6.45, 7) is 2.12. The van der Waals surface area contributed by atoms with Gasteiger partial charge in [-0.3, -0.25) is 4.79 Å². The first-order valence-electron chi connectivity index (χ1n) is 11.5. The van der Waals surface area contributed by atoms with Crippen LogP contribution in [0, 0.1) is 5.82 Å². The zero-order valence-electron chi connectivity index (χ0n) is 20.1. The second kappa shape index (κ2) is 8.81. The number of hydrogen-bond acceptors (Lipinski definition) is 7. The van der Waals surface area contributed by atoms with Crippen LogP contribution in [0.4, 0.5) is 10.3 Å². The van der Waals surface area contributed by atoms with E-state index < -0.39 is 5.82 Å². The summed E-state index contributed by atoms with van der Waals surface area (Å²) in [5, 5.41) is 14.7. The standard InChI is InChI=1S/C24H28FN7O3/c1-24(35-4)8-5-15(6-9-24)28-23-29-22(34-3)20-19(17(25)13-32(20)30-23)14-7-10-31-18(11-14)16(12-27-31)21(33)26-2/h7,10-13,15H,5-6,8-9H2,1-4H3,(H,26,33)(H,28,30)/t15-,24+. The lowest BCUT2D eigenvalue weighted by Crippen LogP contribution is -2.37. The summed E-state index contributed by atoms with van der Waals surface area (Å²) in [5.41, 5.74) is 2.08. The molecule has 35 heavy (non-hydrogen) atoms. The lowest BCUT2D eigenvalue weighted by Gasteiger charge is -2.36. The van der Waals surface area contributed by atoms with E-state index in [9.17, 15) is 4.79 Å². The van der Waals surface area contributed by atoms with Crippen LogP contribution in [0.3, 0.4) is 0 Å². The molecule has 1 fully saturated rings. The lowest BCUT2D eigenvalue weighted by molar-refractivity contribution is -0.0253. The maximum absolute atomic E-state index is 15.3. The molecular weight excluding hydrogens is 453 g/mol. The first kappa shape index (κ1) is 23.0. The number of pyridine rings is 1. The van der Waals surface area contributed by atoms with Gasteiger partial charge in [-0.15, -0.1) is 5.10 Å². The summed E-state index contributed by atoms with van der Waals surface area (Å²) in [4.78, 5) is 16.8. The predicted molar refractivity (Wildman–Crippen MR) is 128 cm³/mol. The average molecular weight is 482 g/mol. The molecule has 5 rings (SSSR count). The van der Waals surface area contributed by atoms with Gasteiger partial charge in [0.25, 0.3) is 5.91 Å². The third kappa shape index (κ3) is 4.05. The second-order valence-corrected chi connectivity index (χ2v) is 9.05. The summed E-state index contributed by atoms with van der Waals surface area (Å²) in [6.07, 6.45) is 8.16. The van der Waals surface area contributed by atoms with Gasteiger partial charge in [0.1, 0.15) is 5.52 Å². The van der Waals surface area contributed by atoms with Crippen LogP contribution in [0.1, 0.15) is 43.0 Å². The number of carbonyl (C=O) groups excluding carboxylic acids is 1. The molecule has 4 heterocycles. The lowest BCUT2D eigenvalue weighted by atomic mass is 9.83. The number of carbonyl (C=O) groups is 1. The number of ether oxygens (including phenoxy) is 2. The van der Waals surface area contributed by atoms with Crippen LogP contribution in [-0.4, -0.2) is 63.0 Å². The fourth-order valence-electron chi connectivity index (χ4n) is 4.70. The monoisotopic (exact) mass is 481 g/mol. The molecule has 1 aliphatic carbocycles. The van der Waals surface area contributed by atoms with Crippen LogP contribution >= 0.6 is 0 Å². The Balaban J connectivity index is 1.52. The van der Waals surface area contributed by atoms with Gasteiger partial charge in [-0.2, -0.15) is 10.1 Å². The van der Waals surface area contributed by atoms with Crippen LogP contribution in [-0.2, 0) is 4.74 Å². The molecule has 1 saturated carbocycles. The van der Waals surface area contributed by atoms with Gasteiger partial charge >= 0.3 is 0 Å². The maximum atomic E-state index is 15.3. The molecule has 4 aromatic heterocycles. The molecule has 184 valence electrons. The molecule has 0 radical (unpaired) electrons. The Hall–Kier alpha value is -3.73. The number of amides is 1. The molecule has 0 spiro atoms. The van der Waals surface area contributed by atoms with Gasteiger partial charge in [-0.25, -0.2) is 13.4 Å². The molecule has 0 saturated heterocycles. The Kier molecular flexibility index (Phi) is 5.79. The highest BCUT2D eigenvalue weighted by Crippen LogP contribution is 2.36. The number of aromatic nitrogens is 5. The van der Waals surface area contributed by atoms with Gasteiger partial charge in [0.2, 0.25) is 11.8 Å². The van der Waals surface area contributed by atoms with Crippen LogP contribution in [0.15, 0.2) is 30.7 Å².